The summed E-state index contributed by atoms with van der Waals surface area (Å²) in [5, 5.41) is 3.41. The molecule has 5 rings (SSSR count). The Morgan fingerprint density at radius 3 is 2.52 bits per heavy atom. The van der Waals surface area contributed by atoms with E-state index in [4.69, 9.17) is 9.97 Å². The standard InChI is InChI=1S/C26H30N6O/c33-25(19-31-15-5-2-6-16-31)32-17-7-10-23(32)26-29-22(20-11-13-27-14-12-20)18-24(30-26)28-21-8-3-1-4-9-21/h1,3-4,8-9,11-14,18,23H,2,5-7,10,15-17,19H2,(H,28,29,30). The summed E-state index contributed by atoms with van der Waals surface area (Å²) >= 11 is 0. The van der Waals surface area contributed by atoms with Crippen LogP contribution in [0.1, 0.15) is 44.0 Å². The van der Waals surface area contributed by atoms with Crippen LogP contribution in [0.5, 0.6) is 0 Å². The zero-order valence-electron chi connectivity index (χ0n) is 18.9. The quantitative estimate of drug-likeness (QED) is 0.609. The third-order valence-corrected chi connectivity index (χ3v) is 6.44. The Hall–Kier alpha value is -3.32. The largest absolute Gasteiger partial charge is 0.340 e. The molecule has 2 aliphatic heterocycles. The molecule has 2 aliphatic rings. The van der Waals surface area contributed by atoms with Crippen molar-refractivity contribution in [1.82, 2.24) is 24.8 Å². The van der Waals surface area contributed by atoms with Gasteiger partial charge in [0.05, 0.1) is 18.3 Å². The van der Waals surface area contributed by atoms with E-state index < -0.39 is 0 Å². The number of benzene rings is 1. The minimum atomic E-state index is -0.0969. The zero-order valence-corrected chi connectivity index (χ0v) is 18.9. The summed E-state index contributed by atoms with van der Waals surface area (Å²) in [6, 6.07) is 15.8. The lowest BCUT2D eigenvalue weighted by Gasteiger charge is -2.30. The third-order valence-electron chi connectivity index (χ3n) is 6.44. The first-order valence-corrected chi connectivity index (χ1v) is 11.9. The normalized spacial score (nSPS) is 18.9. The van der Waals surface area contributed by atoms with E-state index in [1.807, 2.05) is 53.4 Å². The number of hydrogen-bond acceptors (Lipinski definition) is 6. The number of nitrogens with one attached hydrogen (secondary N) is 1. The maximum Gasteiger partial charge on any atom is 0.237 e. The van der Waals surface area contributed by atoms with Crippen molar-refractivity contribution in [2.45, 2.75) is 38.1 Å². The summed E-state index contributed by atoms with van der Waals surface area (Å²) in [6.45, 7) is 3.30. The van der Waals surface area contributed by atoms with E-state index in [1.165, 1.54) is 19.3 Å². The fourth-order valence-corrected chi connectivity index (χ4v) is 4.75. The van der Waals surface area contributed by atoms with Crippen LogP contribution < -0.4 is 5.32 Å². The fourth-order valence-electron chi connectivity index (χ4n) is 4.75. The summed E-state index contributed by atoms with van der Waals surface area (Å²) in [7, 11) is 0. The lowest BCUT2D eigenvalue weighted by molar-refractivity contribution is -0.133. The molecule has 1 unspecified atom stereocenters. The van der Waals surface area contributed by atoms with Crippen LogP contribution >= 0.6 is 0 Å². The summed E-state index contributed by atoms with van der Waals surface area (Å²) in [5.74, 6) is 1.62. The second-order valence-electron chi connectivity index (χ2n) is 8.81. The Balaban J connectivity index is 1.44. The average Bonchev–Trinajstić information content (AvgIpc) is 3.36. The molecule has 2 fully saturated rings. The highest BCUT2D eigenvalue weighted by molar-refractivity contribution is 5.79. The van der Waals surface area contributed by atoms with Gasteiger partial charge in [-0.2, -0.15) is 0 Å². The fraction of sp³-hybridized carbons (Fsp3) is 0.385. The molecule has 1 amide bonds. The van der Waals surface area contributed by atoms with Crippen LogP contribution in [0.2, 0.25) is 0 Å². The van der Waals surface area contributed by atoms with Crippen molar-refractivity contribution >= 4 is 17.4 Å². The highest BCUT2D eigenvalue weighted by atomic mass is 16.2. The molecule has 0 bridgehead atoms. The summed E-state index contributed by atoms with van der Waals surface area (Å²) in [4.78, 5) is 31.4. The molecule has 2 aromatic heterocycles. The molecule has 0 spiro atoms. The van der Waals surface area contributed by atoms with Crippen LogP contribution in [-0.2, 0) is 4.79 Å². The van der Waals surface area contributed by atoms with Crippen molar-refractivity contribution in [2.24, 2.45) is 0 Å². The number of para-hydroxylation sites is 1. The predicted octanol–water partition coefficient (Wildman–Crippen LogP) is 4.43. The lowest BCUT2D eigenvalue weighted by Crippen LogP contribution is -2.42. The number of carbonyl (C=O) groups excluding carboxylic acids is 1. The van der Waals surface area contributed by atoms with Crippen LogP contribution in [0, 0.1) is 0 Å². The van der Waals surface area contributed by atoms with E-state index in [0.29, 0.717) is 12.4 Å². The number of carbonyl (C=O) groups is 1. The van der Waals surface area contributed by atoms with Crippen molar-refractivity contribution in [3.8, 4) is 11.3 Å². The second kappa shape index (κ2) is 10.1. The van der Waals surface area contributed by atoms with Crippen LogP contribution in [-0.4, -0.2) is 56.8 Å². The van der Waals surface area contributed by atoms with Crippen molar-refractivity contribution in [1.29, 1.82) is 0 Å². The van der Waals surface area contributed by atoms with Crippen molar-refractivity contribution in [2.75, 3.05) is 31.5 Å². The van der Waals surface area contributed by atoms with Gasteiger partial charge < -0.3 is 10.2 Å². The maximum absolute atomic E-state index is 13.2. The van der Waals surface area contributed by atoms with Crippen molar-refractivity contribution in [3.05, 3.63) is 66.7 Å². The van der Waals surface area contributed by atoms with Gasteiger partial charge in [0.2, 0.25) is 5.91 Å². The molecule has 1 N–H and O–H groups in total. The Morgan fingerprint density at radius 2 is 1.73 bits per heavy atom. The smallest absolute Gasteiger partial charge is 0.237 e. The highest BCUT2D eigenvalue weighted by Crippen LogP contribution is 2.33. The SMILES string of the molecule is O=C(CN1CCCCC1)N1CCCC1c1nc(Nc2ccccc2)cc(-c2ccncc2)n1. The number of piperidine rings is 1. The first kappa shape index (κ1) is 21.5. The second-order valence-corrected chi connectivity index (χ2v) is 8.81. The summed E-state index contributed by atoms with van der Waals surface area (Å²) in [5.41, 5.74) is 2.78. The van der Waals surface area contributed by atoms with E-state index in [9.17, 15) is 4.79 Å². The Labute approximate surface area is 194 Å². The van der Waals surface area contributed by atoms with Crippen molar-refractivity contribution < 1.29 is 4.79 Å². The maximum atomic E-state index is 13.2. The van der Waals surface area contributed by atoms with Gasteiger partial charge in [-0.25, -0.2) is 9.97 Å². The molecule has 7 heteroatoms. The van der Waals surface area contributed by atoms with Gasteiger partial charge in [0.1, 0.15) is 5.82 Å². The van der Waals surface area contributed by atoms with Crippen LogP contribution in [0.25, 0.3) is 11.3 Å². The van der Waals surface area contributed by atoms with Gasteiger partial charge in [0, 0.05) is 36.3 Å². The predicted molar refractivity (Wildman–Crippen MR) is 129 cm³/mol. The van der Waals surface area contributed by atoms with E-state index >= 15 is 0 Å². The number of nitrogens with zero attached hydrogens (tertiary/aromatic N) is 5. The Morgan fingerprint density at radius 1 is 0.939 bits per heavy atom. The zero-order chi connectivity index (χ0) is 22.5. The molecule has 0 radical (unpaired) electrons. The summed E-state index contributed by atoms with van der Waals surface area (Å²) < 4.78 is 0. The monoisotopic (exact) mass is 442 g/mol. The van der Waals surface area contributed by atoms with Gasteiger partial charge in [-0.05, 0) is 63.0 Å². The number of anilines is 2. The molecule has 170 valence electrons. The van der Waals surface area contributed by atoms with Gasteiger partial charge in [-0.3, -0.25) is 14.7 Å². The van der Waals surface area contributed by atoms with Crippen LogP contribution in [0.4, 0.5) is 11.5 Å². The lowest BCUT2D eigenvalue weighted by atomic mass is 10.1. The molecule has 0 aliphatic carbocycles. The minimum Gasteiger partial charge on any atom is -0.340 e. The number of rotatable bonds is 6. The molecule has 4 heterocycles. The molecule has 3 aromatic rings. The third kappa shape index (κ3) is 5.20. The van der Waals surface area contributed by atoms with E-state index in [2.05, 4.69) is 15.2 Å². The summed E-state index contributed by atoms with van der Waals surface area (Å²) in [6.07, 6.45) is 9.03. The minimum absolute atomic E-state index is 0.0969. The van der Waals surface area contributed by atoms with E-state index in [-0.39, 0.29) is 11.9 Å². The molecule has 1 aromatic carbocycles. The Bertz CT molecular complexity index is 1070. The van der Waals surface area contributed by atoms with Gasteiger partial charge in [0.25, 0.3) is 0 Å². The molecule has 1 atom stereocenters. The van der Waals surface area contributed by atoms with Crippen LogP contribution in [0.3, 0.4) is 0 Å². The van der Waals surface area contributed by atoms with Crippen LogP contribution in [0.15, 0.2) is 60.9 Å². The van der Waals surface area contributed by atoms with E-state index in [0.717, 1.165) is 55.2 Å². The van der Waals surface area contributed by atoms with Gasteiger partial charge >= 0.3 is 0 Å². The highest BCUT2D eigenvalue weighted by Gasteiger charge is 2.33. The van der Waals surface area contributed by atoms with Crippen molar-refractivity contribution in [3.63, 3.8) is 0 Å². The number of aromatic nitrogens is 3. The molecule has 33 heavy (non-hydrogen) atoms. The number of pyridine rings is 1. The first-order valence-electron chi connectivity index (χ1n) is 11.9. The molecule has 2 saturated heterocycles. The molecular formula is C26H30N6O. The number of amides is 1. The number of likely N-dealkylation sites (tertiary alicyclic amines) is 2. The Kier molecular flexibility index (Phi) is 6.58. The first-order chi connectivity index (χ1) is 16.3. The average molecular weight is 443 g/mol. The van der Waals surface area contributed by atoms with Gasteiger partial charge in [-0.1, -0.05) is 24.6 Å². The van der Waals surface area contributed by atoms with Gasteiger partial charge in [-0.15, -0.1) is 0 Å². The van der Waals surface area contributed by atoms with E-state index in [1.54, 1.807) is 12.4 Å². The van der Waals surface area contributed by atoms with Gasteiger partial charge in [0.15, 0.2) is 5.82 Å². The molecular weight excluding hydrogens is 412 g/mol. The molecule has 0 saturated carbocycles. The molecule has 7 nitrogen and oxygen atoms in total. The topological polar surface area (TPSA) is 74.2 Å². The number of hydrogen-bond donors (Lipinski definition) is 1.